The average molecular weight is 654 g/mol. The van der Waals surface area contributed by atoms with Gasteiger partial charge in [-0.1, -0.05) is 0 Å². The zero-order chi connectivity index (χ0) is 28.7. The number of carboxylic acids is 1. The van der Waals surface area contributed by atoms with Crippen LogP contribution >= 0.6 is 0 Å². The first-order valence-electron chi connectivity index (χ1n) is 15.3. The number of hydrogen-bond donors (Lipinski definition) is 2. The summed E-state index contributed by atoms with van der Waals surface area (Å²) in [4.78, 5) is 43.3. The Hall–Kier alpha value is -2.42. The molecule has 1 aliphatic carbocycles. The molecule has 2 N–H and O–H groups in total. The van der Waals surface area contributed by atoms with Crippen LogP contribution in [0.15, 0.2) is 41.3 Å². The molecule has 7 nitrogen and oxygen atoms in total. The first-order valence-corrected chi connectivity index (χ1v) is 22.8. The number of carboxylic acid groups (broad SMARTS) is 1. The van der Waals surface area contributed by atoms with Gasteiger partial charge in [-0.25, -0.2) is 0 Å². The second-order valence-corrected chi connectivity index (χ2v) is 25.0. The fourth-order valence-corrected chi connectivity index (χ4v) is 22.4. The van der Waals surface area contributed by atoms with E-state index in [4.69, 9.17) is 4.98 Å². The molecule has 1 aromatic carbocycles. The fourth-order valence-electron chi connectivity index (χ4n) is 6.44. The molecule has 4 rings (SSSR count). The summed E-state index contributed by atoms with van der Waals surface area (Å²) < 4.78 is 6.96. The van der Waals surface area contributed by atoms with Crippen LogP contribution in [0.3, 0.4) is 0 Å². The van der Waals surface area contributed by atoms with Crippen molar-refractivity contribution in [2.45, 2.75) is 104 Å². The van der Waals surface area contributed by atoms with Gasteiger partial charge in [0.25, 0.3) is 0 Å². The van der Waals surface area contributed by atoms with Gasteiger partial charge in [0, 0.05) is 0 Å². The number of pyridine rings is 1. The van der Waals surface area contributed by atoms with Crippen LogP contribution in [0.25, 0.3) is 16.6 Å². The van der Waals surface area contributed by atoms with Crippen molar-refractivity contribution in [3.8, 4) is 0 Å². The second-order valence-electron chi connectivity index (χ2n) is 11.7. The van der Waals surface area contributed by atoms with Crippen LogP contribution in [-0.4, -0.2) is 50.8 Å². The summed E-state index contributed by atoms with van der Waals surface area (Å²) in [5.74, 6) is -1.37. The molecule has 0 spiro atoms. The van der Waals surface area contributed by atoms with Crippen molar-refractivity contribution in [1.82, 2.24) is 14.7 Å². The Bertz CT molecular complexity index is 1370. The molecule has 1 fully saturated rings. The van der Waals surface area contributed by atoms with Gasteiger partial charge in [0.1, 0.15) is 0 Å². The Kier molecular flexibility index (Phi) is 10.7. The number of nitrogens with zero attached hydrogens (tertiary/aromatic N) is 2. The van der Waals surface area contributed by atoms with E-state index in [1.807, 2.05) is 6.07 Å². The first-order chi connectivity index (χ1) is 19.3. The molecule has 3 aromatic rings. The fraction of sp³-hybridized carbons (Fsp3) is 0.562. The molecule has 0 bridgehead atoms. The van der Waals surface area contributed by atoms with Crippen LogP contribution in [0.1, 0.15) is 95.3 Å². The van der Waals surface area contributed by atoms with Gasteiger partial charge in [-0.2, -0.15) is 0 Å². The van der Waals surface area contributed by atoms with E-state index in [0.717, 1.165) is 0 Å². The van der Waals surface area contributed by atoms with E-state index in [9.17, 15) is 19.5 Å². The van der Waals surface area contributed by atoms with Crippen molar-refractivity contribution in [3.05, 3.63) is 52.4 Å². The van der Waals surface area contributed by atoms with Gasteiger partial charge in [0.15, 0.2) is 0 Å². The van der Waals surface area contributed by atoms with Gasteiger partial charge in [-0.05, 0) is 0 Å². The number of carbonyl (C=O) groups excluding carboxylic acids is 1. The summed E-state index contributed by atoms with van der Waals surface area (Å²) in [6.07, 6.45) is 11.5. The second kappa shape index (κ2) is 14.0. The third-order valence-corrected chi connectivity index (χ3v) is 24.5. The van der Waals surface area contributed by atoms with Crippen LogP contribution in [0.5, 0.6) is 0 Å². The van der Waals surface area contributed by atoms with Crippen molar-refractivity contribution < 1.29 is 14.7 Å². The predicted octanol–water partition coefficient (Wildman–Crippen LogP) is 6.28. The molecule has 1 amide bonds. The molecule has 0 radical (unpaired) electrons. The van der Waals surface area contributed by atoms with E-state index in [0.29, 0.717) is 47.8 Å². The quantitative estimate of drug-likeness (QED) is 0.167. The normalized spacial score (nSPS) is 17.8. The van der Waals surface area contributed by atoms with Crippen LogP contribution in [0.2, 0.25) is 13.3 Å². The molecule has 0 atom stereocenters. The molecular formula is C32H45N3O4Sn. The molecule has 216 valence electrons. The topological polar surface area (TPSA) is 101 Å². The van der Waals surface area contributed by atoms with Crippen molar-refractivity contribution in [2.75, 3.05) is 0 Å². The van der Waals surface area contributed by atoms with Crippen molar-refractivity contribution in [2.24, 2.45) is 5.92 Å². The molecule has 1 saturated carbocycles. The number of hydrogen-bond acceptors (Lipinski definition) is 4. The van der Waals surface area contributed by atoms with Gasteiger partial charge in [-0.15, -0.1) is 0 Å². The Morgan fingerprint density at radius 1 is 0.975 bits per heavy atom. The van der Waals surface area contributed by atoms with E-state index in [1.54, 1.807) is 18.3 Å². The number of benzene rings is 1. The van der Waals surface area contributed by atoms with Crippen LogP contribution in [0, 0.1) is 5.92 Å². The van der Waals surface area contributed by atoms with Crippen LogP contribution < -0.4 is 14.5 Å². The average Bonchev–Trinajstić information content (AvgIpc) is 2.97. The zero-order valence-electron chi connectivity index (χ0n) is 24.4. The molecule has 2 heterocycles. The summed E-state index contributed by atoms with van der Waals surface area (Å²) in [6.45, 7) is 6.82. The van der Waals surface area contributed by atoms with Gasteiger partial charge >= 0.3 is 227 Å². The first kappa shape index (κ1) is 30.5. The summed E-state index contributed by atoms with van der Waals surface area (Å²) in [6, 6.07) is 9.81. The standard InChI is InChI=1S/C20H18N3O4.3C4H9.Sn/c24-18(21-13-9-7-12(8-10-13)20(26)27)15-5-3-11-23-17(15)22-16-6-2-1-4-14(16)19(23)25;3*1-3-4-2;/h2-6,11-13H,7-10H2,(H,21,24)(H,26,27);3*1,3-4H2,2H3;. The summed E-state index contributed by atoms with van der Waals surface area (Å²) in [5, 5.41) is 13.0. The third-order valence-electron chi connectivity index (χ3n) is 8.93. The Morgan fingerprint density at radius 2 is 1.60 bits per heavy atom. The Labute approximate surface area is 241 Å². The number of aliphatic carboxylic acids is 1. The Morgan fingerprint density at radius 3 is 2.17 bits per heavy atom. The summed E-state index contributed by atoms with van der Waals surface area (Å²) >= 11 is -2.73. The number of fused-ring (bicyclic) bond motifs is 2. The van der Waals surface area contributed by atoms with Gasteiger partial charge < -0.3 is 5.11 Å². The van der Waals surface area contributed by atoms with E-state index in [2.05, 4.69) is 38.2 Å². The molecule has 0 saturated heterocycles. The number of rotatable bonds is 13. The maximum absolute atomic E-state index is 13.8. The summed E-state index contributed by atoms with van der Waals surface area (Å²) in [5.41, 5.74) is 1.24. The summed E-state index contributed by atoms with van der Waals surface area (Å²) in [7, 11) is 0. The number of unbranched alkanes of at least 4 members (excludes halogenated alkanes) is 3. The van der Waals surface area contributed by atoms with Gasteiger partial charge in [0.05, 0.1) is 5.92 Å². The molecule has 0 aliphatic heterocycles. The third kappa shape index (κ3) is 6.72. The minimum absolute atomic E-state index is 0.0759. The monoisotopic (exact) mass is 655 g/mol. The van der Waals surface area contributed by atoms with Crippen molar-refractivity contribution in [1.29, 1.82) is 0 Å². The molecule has 40 heavy (non-hydrogen) atoms. The predicted molar refractivity (Wildman–Crippen MR) is 164 cm³/mol. The molecule has 0 unspecified atom stereocenters. The van der Waals surface area contributed by atoms with E-state index >= 15 is 0 Å². The molecular weight excluding hydrogens is 609 g/mol. The SMILES string of the molecule is CCC[CH2][Sn]([CH2]CCC)([CH2]CCC)[c]1ccc2nc3c(C(=O)NC4CCC(C(=O)O)CC4)cccn3c(=O)c2c1. The number of carbonyl (C=O) groups is 2. The number of aromatic nitrogens is 2. The van der Waals surface area contributed by atoms with E-state index in [-0.39, 0.29) is 23.4 Å². The minimum atomic E-state index is -2.73. The van der Waals surface area contributed by atoms with Crippen LogP contribution in [-0.2, 0) is 4.79 Å². The number of amides is 1. The van der Waals surface area contributed by atoms with Gasteiger partial charge in [-0.3, -0.25) is 4.79 Å². The van der Waals surface area contributed by atoms with Gasteiger partial charge in [0.2, 0.25) is 0 Å². The van der Waals surface area contributed by atoms with Crippen molar-refractivity contribution in [3.63, 3.8) is 0 Å². The zero-order valence-corrected chi connectivity index (χ0v) is 27.2. The maximum atomic E-state index is 13.8. The Balaban J connectivity index is 1.70. The van der Waals surface area contributed by atoms with Crippen molar-refractivity contribution >= 4 is 50.4 Å². The van der Waals surface area contributed by atoms with E-state index < -0.39 is 24.3 Å². The molecule has 1 aliphatic rings. The van der Waals surface area contributed by atoms with Crippen LogP contribution in [0.4, 0.5) is 0 Å². The van der Waals surface area contributed by atoms with E-state index in [1.165, 1.54) is 59.8 Å². The molecule has 2 aromatic heterocycles. The molecule has 8 heteroatoms. The number of nitrogens with one attached hydrogen (secondary N) is 1.